The molecule has 0 spiro atoms. The van der Waals surface area contributed by atoms with Crippen LogP contribution in [0.2, 0.25) is 0 Å². The molecule has 144 valence electrons. The number of hydrogen-bond acceptors (Lipinski definition) is 1. The zero-order valence-electron chi connectivity index (χ0n) is 15.6. The zero-order valence-corrected chi connectivity index (χ0v) is 18.9. The summed E-state index contributed by atoms with van der Waals surface area (Å²) in [5.74, 6) is 1.05. The van der Waals surface area contributed by atoms with Crippen molar-refractivity contribution in [3.8, 4) is 0 Å². The van der Waals surface area contributed by atoms with Crippen LogP contribution in [0.5, 0.6) is 0 Å². The van der Waals surface area contributed by atoms with Gasteiger partial charge >= 0.3 is 0 Å². The van der Waals surface area contributed by atoms with Gasteiger partial charge in [-0.25, -0.2) is 4.98 Å². The number of H-pyrrole nitrogens is 1. The topological polar surface area (TPSA) is 28.7 Å². The molecule has 0 saturated heterocycles. The average molecular weight is 474 g/mol. The van der Waals surface area contributed by atoms with Crippen LogP contribution in [-0.4, -0.2) is 9.97 Å². The Morgan fingerprint density at radius 1 is 0.714 bits per heavy atom. The Bertz CT molecular complexity index is 879. The monoisotopic (exact) mass is 472 g/mol. The van der Waals surface area contributed by atoms with Crippen LogP contribution in [0.4, 0.5) is 0 Å². The Balaban J connectivity index is 0.00000140. The van der Waals surface area contributed by atoms with Gasteiger partial charge in [-0.15, -0.1) is 12.4 Å². The van der Waals surface area contributed by atoms with E-state index >= 15 is 0 Å². The number of halogens is 2. The lowest BCUT2D eigenvalue weighted by Gasteiger charge is -2.26. The van der Waals surface area contributed by atoms with Crippen LogP contribution in [0, 0.1) is 6.92 Å². The molecule has 1 N–H and O–H groups in total. The summed E-state index contributed by atoms with van der Waals surface area (Å²) >= 11 is 0. The van der Waals surface area contributed by atoms with Crippen LogP contribution in [0.3, 0.4) is 0 Å². The number of hydrogen-bond donors (Lipinski definition) is 1. The van der Waals surface area contributed by atoms with Gasteiger partial charge in [0, 0.05) is 11.9 Å². The number of benzene rings is 3. The molecule has 1 heterocycles. The molecule has 0 aliphatic heterocycles. The van der Waals surface area contributed by atoms with Gasteiger partial charge in [0.15, 0.2) is 0 Å². The van der Waals surface area contributed by atoms with Crippen molar-refractivity contribution in [2.75, 3.05) is 0 Å². The molecular weight excluding hydrogens is 451 g/mol. The van der Waals surface area contributed by atoms with Crippen molar-refractivity contribution in [2.45, 2.75) is 13.1 Å². The number of rotatable bonds is 5. The molecule has 0 atom stereocenters. The molecule has 0 saturated carbocycles. The SMILES string of the molecule is Cc1cnc(C[P+](c2ccccc2)(c2ccccc2)c2ccccc2)[nH]1.Cl.[Br-]. The molecule has 0 aliphatic rings. The number of aryl methyl sites for hydroxylation is 1. The van der Waals surface area contributed by atoms with Crippen molar-refractivity contribution in [1.29, 1.82) is 0 Å². The Hall–Kier alpha value is -1.93. The van der Waals surface area contributed by atoms with E-state index in [1.54, 1.807) is 0 Å². The second kappa shape index (κ2) is 10.0. The first-order chi connectivity index (χ1) is 12.8. The lowest BCUT2D eigenvalue weighted by molar-refractivity contribution is -0.00000554. The van der Waals surface area contributed by atoms with Gasteiger partial charge in [0.1, 0.15) is 35.2 Å². The van der Waals surface area contributed by atoms with Crippen molar-refractivity contribution in [2.24, 2.45) is 0 Å². The summed E-state index contributed by atoms with van der Waals surface area (Å²) in [6.45, 7) is 2.06. The van der Waals surface area contributed by atoms with Gasteiger partial charge in [0.25, 0.3) is 0 Å². The number of aromatic nitrogens is 2. The zero-order chi connectivity index (χ0) is 17.8. The summed E-state index contributed by atoms with van der Waals surface area (Å²) in [5, 5.41) is 4.14. The fourth-order valence-electron chi connectivity index (χ4n) is 3.54. The van der Waals surface area contributed by atoms with E-state index in [-0.39, 0.29) is 29.4 Å². The van der Waals surface area contributed by atoms with Crippen LogP contribution in [0.15, 0.2) is 97.2 Å². The Morgan fingerprint density at radius 3 is 1.43 bits per heavy atom. The van der Waals surface area contributed by atoms with Gasteiger partial charge in [-0.05, 0) is 43.3 Å². The number of nitrogens with one attached hydrogen (secondary N) is 1. The van der Waals surface area contributed by atoms with E-state index in [4.69, 9.17) is 0 Å². The lowest BCUT2D eigenvalue weighted by Crippen LogP contribution is -3.00. The van der Waals surface area contributed by atoms with E-state index in [1.807, 2.05) is 6.20 Å². The van der Waals surface area contributed by atoms with Crippen LogP contribution in [-0.2, 0) is 6.16 Å². The minimum absolute atomic E-state index is 0. The molecule has 4 aromatic rings. The van der Waals surface area contributed by atoms with E-state index < -0.39 is 7.26 Å². The minimum atomic E-state index is -1.86. The normalized spacial score (nSPS) is 10.6. The first-order valence-corrected chi connectivity index (χ1v) is 10.8. The molecular formula is C23H23BrClN2P. The molecule has 0 radical (unpaired) electrons. The van der Waals surface area contributed by atoms with E-state index in [0.717, 1.165) is 17.7 Å². The maximum atomic E-state index is 4.65. The Labute approximate surface area is 184 Å². The highest BCUT2D eigenvalue weighted by atomic mass is 79.9. The van der Waals surface area contributed by atoms with Crippen LogP contribution in [0.25, 0.3) is 0 Å². The number of imidazole rings is 1. The predicted molar refractivity (Wildman–Crippen MR) is 119 cm³/mol. The van der Waals surface area contributed by atoms with Gasteiger partial charge in [-0.1, -0.05) is 54.6 Å². The summed E-state index contributed by atoms with van der Waals surface area (Å²) in [6.07, 6.45) is 2.81. The molecule has 3 aromatic carbocycles. The highest BCUT2D eigenvalue weighted by Crippen LogP contribution is 2.57. The number of nitrogens with zero attached hydrogens (tertiary/aromatic N) is 1. The molecule has 5 heteroatoms. The summed E-state index contributed by atoms with van der Waals surface area (Å²) < 4.78 is 0. The first kappa shape index (κ1) is 22.4. The molecule has 2 nitrogen and oxygen atoms in total. The molecule has 0 fully saturated rings. The maximum Gasteiger partial charge on any atom is 0.145 e. The van der Waals surface area contributed by atoms with Gasteiger partial charge in [-0.3, -0.25) is 0 Å². The van der Waals surface area contributed by atoms with Crippen molar-refractivity contribution in [1.82, 2.24) is 9.97 Å². The second-order valence-electron chi connectivity index (χ2n) is 6.49. The third kappa shape index (κ3) is 4.38. The quantitative estimate of drug-likeness (QED) is 0.439. The smallest absolute Gasteiger partial charge is 0.145 e. The molecule has 0 aliphatic carbocycles. The summed E-state index contributed by atoms with van der Waals surface area (Å²) in [4.78, 5) is 8.11. The van der Waals surface area contributed by atoms with Gasteiger partial charge in [0.05, 0.1) is 0 Å². The summed E-state index contributed by atoms with van der Waals surface area (Å²) in [7, 11) is -1.86. The van der Waals surface area contributed by atoms with Crippen molar-refractivity contribution in [3.05, 3.63) is 109 Å². The Kier molecular flexibility index (Phi) is 8.00. The number of aromatic amines is 1. The molecule has 0 amide bonds. The fraction of sp³-hybridized carbons (Fsp3) is 0.0870. The maximum absolute atomic E-state index is 4.65. The molecule has 0 bridgehead atoms. The molecule has 1 aromatic heterocycles. The first-order valence-electron chi connectivity index (χ1n) is 8.84. The molecule has 0 unspecified atom stereocenters. The standard InChI is InChI=1S/C23H22N2P.BrH.ClH/c1-19-17-24-23(25-19)18-26(20-11-5-2-6-12-20,21-13-7-3-8-14-21)22-15-9-4-10-16-22;;/h2-17H,18H2,1H3,(H,24,25);2*1H/q+1;;/p-1. The summed E-state index contributed by atoms with van der Waals surface area (Å²) in [6, 6.07) is 32.7. The van der Waals surface area contributed by atoms with E-state index in [9.17, 15) is 0 Å². The highest BCUT2D eigenvalue weighted by molar-refractivity contribution is 7.95. The third-order valence-corrected chi connectivity index (χ3v) is 9.05. The fourth-order valence-corrected chi connectivity index (χ4v) is 7.64. The van der Waals surface area contributed by atoms with E-state index in [2.05, 4.69) is 108 Å². The van der Waals surface area contributed by atoms with E-state index in [0.29, 0.717) is 0 Å². The van der Waals surface area contributed by atoms with E-state index in [1.165, 1.54) is 15.9 Å². The van der Waals surface area contributed by atoms with Crippen molar-refractivity contribution < 1.29 is 17.0 Å². The highest BCUT2D eigenvalue weighted by Gasteiger charge is 2.46. The predicted octanol–water partition coefficient (Wildman–Crippen LogP) is 1.64. The minimum Gasteiger partial charge on any atom is -1.00 e. The van der Waals surface area contributed by atoms with Gasteiger partial charge in [0.2, 0.25) is 0 Å². The largest absolute Gasteiger partial charge is 1.00 e. The van der Waals surface area contributed by atoms with Crippen molar-refractivity contribution >= 4 is 35.6 Å². The average Bonchev–Trinajstić information content (AvgIpc) is 3.13. The third-order valence-electron chi connectivity index (χ3n) is 4.73. The van der Waals surface area contributed by atoms with Crippen LogP contribution < -0.4 is 32.9 Å². The lowest BCUT2D eigenvalue weighted by atomic mass is 10.4. The molecule has 4 rings (SSSR count). The van der Waals surface area contributed by atoms with Crippen LogP contribution in [0.1, 0.15) is 11.5 Å². The van der Waals surface area contributed by atoms with Crippen molar-refractivity contribution in [3.63, 3.8) is 0 Å². The molecule has 28 heavy (non-hydrogen) atoms. The van der Waals surface area contributed by atoms with Crippen LogP contribution >= 0.6 is 19.7 Å². The summed E-state index contributed by atoms with van der Waals surface area (Å²) in [5.41, 5.74) is 1.10. The van der Waals surface area contributed by atoms with Gasteiger partial charge < -0.3 is 22.0 Å². The Morgan fingerprint density at radius 2 is 1.11 bits per heavy atom. The van der Waals surface area contributed by atoms with Gasteiger partial charge in [-0.2, -0.15) is 0 Å². The second-order valence-corrected chi connectivity index (χ2v) is 9.97.